The number of nitrogens with zero attached hydrogens (tertiary/aromatic N) is 1. The Morgan fingerprint density at radius 3 is 2.00 bits per heavy atom. The van der Waals surface area contributed by atoms with Crippen molar-refractivity contribution < 1.29 is 13.2 Å². The molecule has 5 heteroatoms. The molecule has 1 aromatic rings. The quantitative estimate of drug-likeness (QED) is 0.806. The van der Waals surface area contributed by atoms with E-state index in [4.69, 9.17) is 11.0 Å². The molecule has 0 aliphatic carbocycles. The molecule has 0 aliphatic heterocycles. The SMILES string of the molecule is CC(C#N)C(F)(F)F.NCc1ccccc1. The van der Waals surface area contributed by atoms with Gasteiger partial charge in [-0.1, -0.05) is 30.3 Å². The van der Waals surface area contributed by atoms with E-state index < -0.39 is 12.1 Å². The highest BCUT2D eigenvalue weighted by molar-refractivity contribution is 5.13. The maximum atomic E-state index is 11.2. The van der Waals surface area contributed by atoms with E-state index >= 15 is 0 Å². The van der Waals surface area contributed by atoms with Crippen LogP contribution >= 0.6 is 0 Å². The molecule has 1 unspecified atom stereocenters. The molecule has 1 atom stereocenters. The van der Waals surface area contributed by atoms with E-state index in [1.54, 1.807) is 0 Å². The zero-order chi connectivity index (χ0) is 12.6. The molecule has 16 heavy (non-hydrogen) atoms. The van der Waals surface area contributed by atoms with Gasteiger partial charge in [0, 0.05) is 6.54 Å². The van der Waals surface area contributed by atoms with Crippen molar-refractivity contribution in [1.29, 1.82) is 5.26 Å². The first kappa shape index (κ1) is 14.5. The van der Waals surface area contributed by atoms with Crippen LogP contribution in [0.3, 0.4) is 0 Å². The van der Waals surface area contributed by atoms with Crippen molar-refractivity contribution in [3.63, 3.8) is 0 Å². The smallest absolute Gasteiger partial charge is 0.326 e. The molecule has 0 heterocycles. The Balaban J connectivity index is 0.000000281. The average Bonchev–Trinajstić information content (AvgIpc) is 2.28. The number of rotatable bonds is 1. The Labute approximate surface area is 92.5 Å². The number of alkyl halides is 3. The Kier molecular flexibility index (Phi) is 6.19. The van der Waals surface area contributed by atoms with Crippen molar-refractivity contribution in [3.8, 4) is 6.07 Å². The molecule has 0 amide bonds. The lowest BCUT2D eigenvalue weighted by Gasteiger charge is -2.05. The first-order valence-electron chi connectivity index (χ1n) is 4.62. The van der Waals surface area contributed by atoms with Crippen molar-refractivity contribution in [2.75, 3.05) is 0 Å². The molecule has 0 bridgehead atoms. The van der Waals surface area contributed by atoms with Gasteiger partial charge in [-0.05, 0) is 12.5 Å². The molecule has 0 fully saturated rings. The maximum absolute atomic E-state index is 11.2. The van der Waals surface area contributed by atoms with Crippen LogP contribution in [0.2, 0.25) is 0 Å². The summed E-state index contributed by atoms with van der Waals surface area (Å²) in [5.74, 6) is -1.84. The van der Waals surface area contributed by atoms with Crippen molar-refractivity contribution in [3.05, 3.63) is 35.9 Å². The van der Waals surface area contributed by atoms with Crippen molar-refractivity contribution in [2.24, 2.45) is 11.7 Å². The molecule has 88 valence electrons. The normalized spacial score (nSPS) is 12.0. The lowest BCUT2D eigenvalue weighted by Crippen LogP contribution is -2.17. The summed E-state index contributed by atoms with van der Waals surface area (Å²) in [6.07, 6.45) is -4.35. The van der Waals surface area contributed by atoms with Crippen LogP contribution in [0.4, 0.5) is 13.2 Å². The van der Waals surface area contributed by atoms with Gasteiger partial charge in [-0.2, -0.15) is 18.4 Å². The van der Waals surface area contributed by atoms with Crippen LogP contribution in [-0.2, 0) is 6.54 Å². The minimum Gasteiger partial charge on any atom is -0.326 e. The first-order chi connectivity index (χ1) is 7.41. The number of nitriles is 1. The molecule has 0 aliphatic rings. The molecule has 0 spiro atoms. The predicted octanol–water partition coefficient (Wildman–Crippen LogP) is 2.85. The second-order valence-electron chi connectivity index (χ2n) is 3.08. The van der Waals surface area contributed by atoms with Gasteiger partial charge in [0.05, 0.1) is 6.07 Å². The summed E-state index contributed by atoms with van der Waals surface area (Å²) < 4.78 is 33.7. The van der Waals surface area contributed by atoms with E-state index in [9.17, 15) is 13.2 Å². The number of benzene rings is 1. The van der Waals surface area contributed by atoms with Gasteiger partial charge < -0.3 is 5.73 Å². The third-order valence-electron chi connectivity index (χ3n) is 1.76. The molecule has 0 saturated heterocycles. The van der Waals surface area contributed by atoms with Crippen LogP contribution in [0.15, 0.2) is 30.3 Å². The molecular formula is C11H13F3N2. The van der Waals surface area contributed by atoms with Gasteiger partial charge in [0.1, 0.15) is 5.92 Å². The van der Waals surface area contributed by atoms with Crippen LogP contribution in [0.5, 0.6) is 0 Å². The summed E-state index contributed by atoms with van der Waals surface area (Å²) in [7, 11) is 0. The van der Waals surface area contributed by atoms with Gasteiger partial charge >= 0.3 is 6.18 Å². The van der Waals surface area contributed by atoms with Crippen molar-refractivity contribution in [2.45, 2.75) is 19.6 Å². The van der Waals surface area contributed by atoms with Crippen LogP contribution in [-0.4, -0.2) is 6.18 Å². The number of hydrogen-bond acceptors (Lipinski definition) is 2. The summed E-state index contributed by atoms with van der Waals surface area (Å²) >= 11 is 0. The molecule has 1 aromatic carbocycles. The van der Waals surface area contributed by atoms with Crippen molar-refractivity contribution in [1.82, 2.24) is 0 Å². The zero-order valence-corrected chi connectivity index (χ0v) is 8.83. The van der Waals surface area contributed by atoms with Crippen LogP contribution in [0.1, 0.15) is 12.5 Å². The maximum Gasteiger partial charge on any atom is 0.404 e. The number of nitrogens with two attached hydrogens (primary N) is 1. The topological polar surface area (TPSA) is 49.8 Å². The van der Waals surface area contributed by atoms with Crippen LogP contribution in [0.25, 0.3) is 0 Å². The molecule has 1 rings (SSSR count). The standard InChI is InChI=1S/C7H9N.C4H4F3N/c8-6-7-4-2-1-3-5-7;1-3(2-8)4(5,6)7/h1-5H,6,8H2;3H,1H3. The molecule has 0 saturated carbocycles. The third kappa shape index (κ3) is 6.04. The van der Waals surface area contributed by atoms with Gasteiger partial charge in [-0.25, -0.2) is 0 Å². The van der Waals surface area contributed by atoms with Gasteiger partial charge in [0.15, 0.2) is 0 Å². The molecule has 2 N–H and O–H groups in total. The van der Waals surface area contributed by atoms with E-state index in [0.29, 0.717) is 6.54 Å². The summed E-state index contributed by atoms with van der Waals surface area (Å²) in [4.78, 5) is 0. The first-order valence-corrected chi connectivity index (χ1v) is 4.62. The van der Waals surface area contributed by atoms with Gasteiger partial charge in [-0.3, -0.25) is 0 Å². The molecule has 0 aromatic heterocycles. The highest BCUT2D eigenvalue weighted by Gasteiger charge is 2.35. The molecular weight excluding hydrogens is 217 g/mol. The highest BCUT2D eigenvalue weighted by atomic mass is 19.4. The van der Waals surface area contributed by atoms with Gasteiger partial charge in [0.2, 0.25) is 0 Å². The minimum absolute atomic E-state index is 0.640. The predicted molar refractivity (Wildman–Crippen MR) is 55.2 cm³/mol. The van der Waals surface area contributed by atoms with Gasteiger partial charge in [0.25, 0.3) is 0 Å². The Hall–Kier alpha value is -1.54. The summed E-state index contributed by atoms with van der Waals surface area (Å²) in [6.45, 7) is 1.46. The Bertz CT molecular complexity index is 327. The number of hydrogen-bond donors (Lipinski definition) is 1. The van der Waals surface area contributed by atoms with E-state index in [2.05, 4.69) is 0 Å². The molecule has 2 nitrogen and oxygen atoms in total. The Morgan fingerprint density at radius 1 is 1.31 bits per heavy atom. The van der Waals surface area contributed by atoms with Gasteiger partial charge in [-0.15, -0.1) is 0 Å². The zero-order valence-electron chi connectivity index (χ0n) is 8.83. The Morgan fingerprint density at radius 2 is 1.81 bits per heavy atom. The average molecular weight is 230 g/mol. The summed E-state index contributed by atoms with van der Waals surface area (Å²) in [6, 6.07) is 11.1. The minimum atomic E-state index is -4.35. The second-order valence-corrected chi connectivity index (χ2v) is 3.08. The second kappa shape index (κ2) is 6.85. The largest absolute Gasteiger partial charge is 0.404 e. The fourth-order valence-corrected chi connectivity index (χ4v) is 0.687. The van der Waals surface area contributed by atoms with E-state index in [1.165, 1.54) is 5.56 Å². The van der Waals surface area contributed by atoms with Crippen LogP contribution in [0, 0.1) is 17.2 Å². The van der Waals surface area contributed by atoms with Crippen LogP contribution < -0.4 is 5.73 Å². The fraction of sp³-hybridized carbons (Fsp3) is 0.364. The lowest BCUT2D eigenvalue weighted by molar-refractivity contribution is -0.154. The fourth-order valence-electron chi connectivity index (χ4n) is 0.687. The molecule has 0 radical (unpaired) electrons. The van der Waals surface area contributed by atoms with E-state index in [-0.39, 0.29) is 0 Å². The lowest BCUT2D eigenvalue weighted by atomic mass is 10.2. The van der Waals surface area contributed by atoms with E-state index in [1.807, 2.05) is 30.3 Å². The number of halogens is 3. The monoisotopic (exact) mass is 230 g/mol. The highest BCUT2D eigenvalue weighted by Crippen LogP contribution is 2.24. The van der Waals surface area contributed by atoms with Crippen molar-refractivity contribution >= 4 is 0 Å². The third-order valence-corrected chi connectivity index (χ3v) is 1.76. The van der Waals surface area contributed by atoms with E-state index in [0.717, 1.165) is 13.0 Å². The summed E-state index contributed by atoms with van der Waals surface area (Å²) in [5.41, 5.74) is 6.54. The summed E-state index contributed by atoms with van der Waals surface area (Å²) in [5, 5.41) is 7.70.